The van der Waals surface area contributed by atoms with Crippen LogP contribution in [0.1, 0.15) is 12.8 Å². The Labute approximate surface area is 163 Å². The maximum atomic E-state index is 12.8. The molecule has 9 heteroatoms. The van der Waals surface area contributed by atoms with Crippen LogP contribution in [0.4, 0.5) is 0 Å². The van der Waals surface area contributed by atoms with E-state index in [1.807, 2.05) is 6.92 Å². The first-order valence-electron chi connectivity index (χ1n) is 8.47. The van der Waals surface area contributed by atoms with Crippen molar-refractivity contribution in [3.8, 4) is 28.6 Å². The predicted octanol–water partition coefficient (Wildman–Crippen LogP) is 3.13. The van der Waals surface area contributed by atoms with Crippen LogP contribution >= 0.6 is 0 Å². The minimum absolute atomic E-state index is 0.00447. The quantitative estimate of drug-likeness (QED) is 0.564. The average molecular weight is 404 g/mol. The maximum absolute atomic E-state index is 12.8. The molecule has 1 heterocycles. The topological polar surface area (TPSA) is 101 Å². The number of aromatic nitrogens is 2. The van der Waals surface area contributed by atoms with Crippen molar-refractivity contribution in [1.29, 1.82) is 0 Å². The van der Waals surface area contributed by atoms with Gasteiger partial charge in [0.15, 0.2) is 9.84 Å². The van der Waals surface area contributed by atoms with Crippen LogP contribution in [0.15, 0.2) is 51.9 Å². The van der Waals surface area contributed by atoms with Crippen LogP contribution < -0.4 is 14.2 Å². The summed E-state index contributed by atoms with van der Waals surface area (Å²) in [4.78, 5) is 4.19. The number of rotatable bonds is 8. The molecule has 1 aromatic heterocycles. The molecule has 0 atom stereocenters. The zero-order chi connectivity index (χ0) is 20.1. The number of hydrogen-bond acceptors (Lipinski definition) is 8. The molecule has 3 aromatic rings. The third-order valence-electron chi connectivity index (χ3n) is 3.91. The Morgan fingerprint density at radius 3 is 2.36 bits per heavy atom. The second kappa shape index (κ2) is 8.30. The fraction of sp³-hybridized carbons (Fsp3) is 0.263. The van der Waals surface area contributed by atoms with Gasteiger partial charge in [0.05, 0.1) is 20.8 Å². The van der Waals surface area contributed by atoms with Gasteiger partial charge in [-0.15, -0.1) is 0 Å². The molecule has 28 heavy (non-hydrogen) atoms. The first-order valence-corrected chi connectivity index (χ1v) is 10.1. The summed E-state index contributed by atoms with van der Waals surface area (Å²) >= 11 is 0. The number of sulfone groups is 1. The van der Waals surface area contributed by atoms with E-state index in [1.165, 1.54) is 26.4 Å². The van der Waals surface area contributed by atoms with E-state index < -0.39 is 15.6 Å². The molecule has 0 amide bonds. The highest BCUT2D eigenvalue weighted by Crippen LogP contribution is 2.30. The molecular formula is C19H20N2O6S. The van der Waals surface area contributed by atoms with Crippen LogP contribution in [0.25, 0.3) is 11.4 Å². The molecule has 0 aliphatic heterocycles. The van der Waals surface area contributed by atoms with Gasteiger partial charge in [0.1, 0.15) is 27.9 Å². The lowest BCUT2D eigenvalue weighted by molar-refractivity contribution is 0.340. The lowest BCUT2D eigenvalue weighted by Gasteiger charge is -2.10. The van der Waals surface area contributed by atoms with Gasteiger partial charge in [0, 0.05) is 11.6 Å². The molecule has 0 saturated carbocycles. The monoisotopic (exact) mass is 404 g/mol. The summed E-state index contributed by atoms with van der Waals surface area (Å²) in [6.45, 7) is 2.47. The fourth-order valence-corrected chi connectivity index (χ4v) is 3.92. The molecule has 0 spiro atoms. The van der Waals surface area contributed by atoms with Crippen molar-refractivity contribution in [2.45, 2.75) is 17.6 Å². The Balaban J connectivity index is 1.84. The third-order valence-corrected chi connectivity index (χ3v) is 5.53. The van der Waals surface area contributed by atoms with Gasteiger partial charge in [-0.25, -0.2) is 8.42 Å². The molecule has 3 rings (SSSR count). The van der Waals surface area contributed by atoms with Gasteiger partial charge < -0.3 is 18.7 Å². The molecule has 0 N–H and O–H groups in total. The van der Waals surface area contributed by atoms with E-state index in [2.05, 4.69) is 10.1 Å². The van der Waals surface area contributed by atoms with Crippen LogP contribution in [0.2, 0.25) is 0 Å². The summed E-state index contributed by atoms with van der Waals surface area (Å²) in [6.07, 6.45) is 0. The van der Waals surface area contributed by atoms with Crippen LogP contribution in [-0.2, 0) is 15.6 Å². The van der Waals surface area contributed by atoms with E-state index in [1.54, 1.807) is 30.3 Å². The molecule has 8 nitrogen and oxygen atoms in total. The fourth-order valence-electron chi connectivity index (χ4n) is 2.56. The summed E-state index contributed by atoms with van der Waals surface area (Å²) in [6, 6.07) is 11.7. The van der Waals surface area contributed by atoms with Gasteiger partial charge in [-0.1, -0.05) is 5.16 Å². The van der Waals surface area contributed by atoms with E-state index in [4.69, 9.17) is 18.7 Å². The molecule has 148 valence electrons. The van der Waals surface area contributed by atoms with E-state index >= 15 is 0 Å². The van der Waals surface area contributed by atoms with Gasteiger partial charge in [-0.2, -0.15) is 4.98 Å². The molecule has 0 fully saturated rings. The molecular weight excluding hydrogens is 384 g/mol. The number of hydrogen-bond donors (Lipinski definition) is 0. The highest BCUT2D eigenvalue weighted by atomic mass is 32.2. The van der Waals surface area contributed by atoms with E-state index in [0.29, 0.717) is 23.7 Å². The lowest BCUT2D eigenvalue weighted by Crippen LogP contribution is -2.07. The Bertz CT molecular complexity index is 1040. The summed E-state index contributed by atoms with van der Waals surface area (Å²) in [5, 5.41) is 3.87. The van der Waals surface area contributed by atoms with Crippen LogP contribution in [0.3, 0.4) is 0 Å². The largest absolute Gasteiger partial charge is 0.497 e. The highest BCUT2D eigenvalue weighted by molar-refractivity contribution is 7.90. The molecule has 0 saturated heterocycles. The Morgan fingerprint density at radius 1 is 1.00 bits per heavy atom. The van der Waals surface area contributed by atoms with E-state index in [0.717, 1.165) is 5.75 Å². The molecule has 0 unspecified atom stereocenters. The van der Waals surface area contributed by atoms with Crippen molar-refractivity contribution in [3.63, 3.8) is 0 Å². The van der Waals surface area contributed by atoms with Crippen molar-refractivity contribution in [2.24, 2.45) is 0 Å². The SMILES string of the molecule is CCOc1ccc(-c2noc(CS(=O)(=O)c3cc(OC)ccc3OC)n2)cc1. The molecule has 0 bridgehead atoms. The minimum atomic E-state index is -3.79. The van der Waals surface area contributed by atoms with Crippen molar-refractivity contribution in [1.82, 2.24) is 10.1 Å². The van der Waals surface area contributed by atoms with Crippen LogP contribution in [0, 0.1) is 0 Å². The zero-order valence-corrected chi connectivity index (χ0v) is 16.5. The summed E-state index contributed by atoms with van der Waals surface area (Å²) in [5.74, 6) is 1.16. The average Bonchev–Trinajstić information content (AvgIpc) is 3.16. The molecule has 0 aliphatic rings. The summed E-state index contributed by atoms with van der Waals surface area (Å²) in [7, 11) is -0.935. The minimum Gasteiger partial charge on any atom is -0.497 e. The summed E-state index contributed by atoms with van der Waals surface area (Å²) < 4.78 is 46.5. The standard InChI is InChI=1S/C19H20N2O6S/c1-4-26-14-7-5-13(6-8-14)19-20-18(27-21-19)12-28(22,23)17-11-15(24-2)9-10-16(17)25-3/h5-11H,4,12H2,1-3H3. The Kier molecular flexibility index (Phi) is 5.84. The van der Waals surface area contributed by atoms with Crippen molar-refractivity contribution in [3.05, 3.63) is 48.4 Å². The molecule has 0 radical (unpaired) electrons. The molecule has 0 aliphatic carbocycles. The maximum Gasteiger partial charge on any atom is 0.242 e. The number of nitrogens with zero attached hydrogens (tertiary/aromatic N) is 2. The number of methoxy groups -OCH3 is 2. The van der Waals surface area contributed by atoms with Gasteiger partial charge in [-0.3, -0.25) is 0 Å². The second-order valence-corrected chi connectivity index (χ2v) is 7.70. The van der Waals surface area contributed by atoms with Gasteiger partial charge in [0.25, 0.3) is 0 Å². The first kappa shape index (κ1) is 19.7. The van der Waals surface area contributed by atoms with Crippen LogP contribution in [-0.4, -0.2) is 39.4 Å². The van der Waals surface area contributed by atoms with Crippen molar-refractivity contribution in [2.75, 3.05) is 20.8 Å². The number of ether oxygens (including phenoxy) is 3. The predicted molar refractivity (Wildman–Crippen MR) is 101 cm³/mol. The van der Waals surface area contributed by atoms with Crippen LogP contribution in [0.5, 0.6) is 17.2 Å². The Morgan fingerprint density at radius 2 is 1.71 bits per heavy atom. The lowest BCUT2D eigenvalue weighted by atomic mass is 10.2. The summed E-state index contributed by atoms with van der Waals surface area (Å²) in [5.41, 5.74) is 0.690. The van der Waals surface area contributed by atoms with Gasteiger partial charge in [-0.05, 0) is 43.3 Å². The van der Waals surface area contributed by atoms with Gasteiger partial charge in [0.2, 0.25) is 11.7 Å². The zero-order valence-electron chi connectivity index (χ0n) is 15.7. The van der Waals surface area contributed by atoms with E-state index in [9.17, 15) is 8.42 Å². The first-order chi connectivity index (χ1) is 13.5. The normalized spacial score (nSPS) is 11.2. The highest BCUT2D eigenvalue weighted by Gasteiger charge is 2.24. The smallest absolute Gasteiger partial charge is 0.242 e. The molecule has 2 aromatic carbocycles. The van der Waals surface area contributed by atoms with Crippen molar-refractivity contribution >= 4 is 9.84 Å². The third kappa shape index (κ3) is 4.25. The van der Waals surface area contributed by atoms with E-state index in [-0.39, 0.29) is 16.5 Å². The van der Waals surface area contributed by atoms with Crippen molar-refractivity contribution < 1.29 is 27.2 Å². The second-order valence-electron chi connectivity index (χ2n) is 5.74. The Hall–Kier alpha value is -3.07. The number of benzene rings is 2. The van der Waals surface area contributed by atoms with Gasteiger partial charge >= 0.3 is 0 Å².